The molecular weight excluding hydrogens is 282 g/mol. The second kappa shape index (κ2) is 5.56. The fraction of sp³-hybridized carbons (Fsp3) is 0.385. The van der Waals surface area contributed by atoms with Crippen LogP contribution in [0.2, 0.25) is 0 Å². The number of halogens is 1. The quantitative estimate of drug-likeness (QED) is 0.631. The fourth-order valence-electron chi connectivity index (χ4n) is 2.29. The zero-order valence-corrected chi connectivity index (χ0v) is 11.0. The molecule has 90 valence electrons. The van der Waals surface area contributed by atoms with Gasteiger partial charge in [0.2, 0.25) is 5.78 Å². The van der Waals surface area contributed by atoms with Crippen LogP contribution in [0.15, 0.2) is 28.7 Å². The summed E-state index contributed by atoms with van der Waals surface area (Å²) in [6.07, 6.45) is 2.23. The number of benzene rings is 1. The molecular formula is C13H14BrNO2. The molecule has 1 heterocycles. The lowest BCUT2D eigenvalue weighted by Gasteiger charge is -2.21. The van der Waals surface area contributed by atoms with E-state index in [4.69, 9.17) is 0 Å². The van der Waals surface area contributed by atoms with Crippen LogP contribution in [0.5, 0.6) is 0 Å². The van der Waals surface area contributed by atoms with Gasteiger partial charge < -0.3 is 0 Å². The molecule has 0 saturated carbocycles. The Labute approximate surface area is 109 Å². The van der Waals surface area contributed by atoms with Crippen molar-refractivity contribution in [3.63, 3.8) is 0 Å². The summed E-state index contributed by atoms with van der Waals surface area (Å²) in [7, 11) is 0. The van der Waals surface area contributed by atoms with Crippen LogP contribution in [-0.2, 0) is 16.1 Å². The van der Waals surface area contributed by atoms with Gasteiger partial charge in [-0.15, -0.1) is 0 Å². The van der Waals surface area contributed by atoms with E-state index in [9.17, 15) is 9.59 Å². The van der Waals surface area contributed by atoms with Crippen molar-refractivity contribution in [2.75, 3.05) is 6.54 Å². The maximum absolute atomic E-state index is 11.5. The van der Waals surface area contributed by atoms with E-state index in [1.807, 2.05) is 24.3 Å². The predicted octanol–water partition coefficient (Wildman–Crippen LogP) is 2.18. The highest BCUT2D eigenvalue weighted by Crippen LogP contribution is 2.21. The molecule has 4 heteroatoms. The van der Waals surface area contributed by atoms with Crippen molar-refractivity contribution in [3.05, 3.63) is 34.3 Å². The summed E-state index contributed by atoms with van der Waals surface area (Å²) < 4.78 is 1.03. The smallest absolute Gasteiger partial charge is 0.212 e. The fourth-order valence-corrected chi connectivity index (χ4v) is 2.73. The first-order chi connectivity index (χ1) is 8.20. The Kier molecular flexibility index (Phi) is 4.07. The molecule has 1 atom stereocenters. The van der Waals surface area contributed by atoms with Crippen molar-refractivity contribution >= 4 is 28.0 Å². The summed E-state index contributed by atoms with van der Waals surface area (Å²) >= 11 is 3.43. The molecule has 0 aromatic heterocycles. The lowest BCUT2D eigenvalue weighted by atomic mass is 10.1. The Morgan fingerprint density at radius 2 is 2.35 bits per heavy atom. The molecule has 1 aromatic carbocycles. The Hall–Kier alpha value is -1.00. The van der Waals surface area contributed by atoms with E-state index >= 15 is 0 Å². The number of likely N-dealkylation sites (tertiary alicyclic amines) is 1. The summed E-state index contributed by atoms with van der Waals surface area (Å²) in [4.78, 5) is 24.1. The van der Waals surface area contributed by atoms with E-state index in [-0.39, 0.29) is 11.8 Å². The molecule has 17 heavy (non-hydrogen) atoms. The minimum atomic E-state index is -0.294. The van der Waals surface area contributed by atoms with E-state index in [2.05, 4.69) is 20.8 Å². The third kappa shape index (κ3) is 3.01. The van der Waals surface area contributed by atoms with Crippen LogP contribution < -0.4 is 0 Å². The lowest BCUT2D eigenvalue weighted by Crippen LogP contribution is -2.36. The van der Waals surface area contributed by atoms with Crippen LogP contribution in [0, 0.1) is 0 Å². The molecule has 0 aliphatic carbocycles. The number of hydrogen-bond acceptors (Lipinski definition) is 3. The van der Waals surface area contributed by atoms with Crippen LogP contribution in [0.4, 0.5) is 0 Å². The van der Waals surface area contributed by atoms with Gasteiger partial charge in [0.25, 0.3) is 0 Å². The van der Waals surface area contributed by atoms with E-state index in [1.54, 1.807) is 0 Å². The molecule has 1 aliphatic heterocycles. The summed E-state index contributed by atoms with van der Waals surface area (Å²) in [5, 5.41) is 0. The van der Waals surface area contributed by atoms with Crippen molar-refractivity contribution in [1.82, 2.24) is 4.90 Å². The molecule has 3 nitrogen and oxygen atoms in total. The van der Waals surface area contributed by atoms with Crippen molar-refractivity contribution in [2.45, 2.75) is 25.4 Å². The molecule has 0 spiro atoms. The largest absolute Gasteiger partial charge is 0.295 e. The monoisotopic (exact) mass is 295 g/mol. The Balaban J connectivity index is 2.07. The molecule has 1 aromatic rings. The summed E-state index contributed by atoms with van der Waals surface area (Å²) in [6, 6.07) is 7.81. The third-order valence-electron chi connectivity index (χ3n) is 3.08. The Bertz CT molecular complexity index is 433. The first-order valence-electron chi connectivity index (χ1n) is 5.68. The molecule has 1 unspecified atom stereocenters. The van der Waals surface area contributed by atoms with Crippen LogP contribution >= 0.6 is 15.9 Å². The number of nitrogens with zero attached hydrogens (tertiary/aromatic N) is 1. The average Bonchev–Trinajstić information content (AvgIpc) is 2.76. The second-order valence-electron chi connectivity index (χ2n) is 4.28. The average molecular weight is 296 g/mol. The van der Waals surface area contributed by atoms with E-state index < -0.39 is 0 Å². The summed E-state index contributed by atoms with van der Waals surface area (Å²) in [5.41, 5.74) is 1.16. The molecule has 1 fully saturated rings. The number of hydrogen-bond donors (Lipinski definition) is 0. The van der Waals surface area contributed by atoms with Crippen LogP contribution in [0.25, 0.3) is 0 Å². The molecule has 1 aliphatic rings. The minimum absolute atomic E-state index is 0.216. The highest BCUT2D eigenvalue weighted by molar-refractivity contribution is 9.10. The van der Waals surface area contributed by atoms with Gasteiger partial charge in [0.15, 0.2) is 6.29 Å². The van der Waals surface area contributed by atoms with Gasteiger partial charge >= 0.3 is 0 Å². The first-order valence-corrected chi connectivity index (χ1v) is 6.47. The van der Waals surface area contributed by atoms with Crippen molar-refractivity contribution in [2.24, 2.45) is 0 Å². The summed E-state index contributed by atoms with van der Waals surface area (Å²) in [6.45, 7) is 1.61. The zero-order valence-electron chi connectivity index (χ0n) is 9.43. The number of carbonyl (C=O) groups excluding carboxylic acids is 2. The maximum Gasteiger partial charge on any atom is 0.212 e. The highest BCUT2D eigenvalue weighted by atomic mass is 79.9. The van der Waals surface area contributed by atoms with Gasteiger partial charge in [-0.1, -0.05) is 28.1 Å². The standard InChI is InChI=1S/C13H14BrNO2/c14-11-4-1-3-10(7-11)8-15-6-2-5-12(15)13(17)9-16/h1,3-4,7,9,12H,2,5-6,8H2. The lowest BCUT2D eigenvalue weighted by molar-refractivity contribution is -0.132. The van der Waals surface area contributed by atoms with Gasteiger partial charge in [0, 0.05) is 11.0 Å². The molecule has 2 rings (SSSR count). The number of carbonyl (C=O) groups is 2. The van der Waals surface area contributed by atoms with Gasteiger partial charge in [0.1, 0.15) is 0 Å². The van der Waals surface area contributed by atoms with Gasteiger partial charge in [-0.25, -0.2) is 0 Å². The van der Waals surface area contributed by atoms with Gasteiger partial charge in [-0.05, 0) is 37.1 Å². The van der Waals surface area contributed by atoms with Gasteiger partial charge in [-0.2, -0.15) is 0 Å². The Morgan fingerprint density at radius 3 is 3.06 bits per heavy atom. The SMILES string of the molecule is O=CC(=O)C1CCCN1Cc1cccc(Br)c1. The van der Waals surface area contributed by atoms with Crippen molar-refractivity contribution in [3.8, 4) is 0 Å². The number of rotatable bonds is 4. The first kappa shape index (κ1) is 12.5. The molecule has 0 amide bonds. The van der Waals surface area contributed by atoms with Crippen LogP contribution in [-0.4, -0.2) is 29.6 Å². The third-order valence-corrected chi connectivity index (χ3v) is 3.58. The minimum Gasteiger partial charge on any atom is -0.295 e. The van der Waals surface area contributed by atoms with Crippen LogP contribution in [0.1, 0.15) is 18.4 Å². The topological polar surface area (TPSA) is 37.4 Å². The van der Waals surface area contributed by atoms with E-state index in [1.165, 1.54) is 0 Å². The Morgan fingerprint density at radius 1 is 1.53 bits per heavy atom. The number of ketones is 1. The van der Waals surface area contributed by atoms with E-state index in [0.717, 1.165) is 36.0 Å². The second-order valence-corrected chi connectivity index (χ2v) is 5.19. The normalized spacial score (nSPS) is 20.4. The van der Waals surface area contributed by atoms with Gasteiger partial charge in [0.05, 0.1) is 6.04 Å². The maximum atomic E-state index is 11.5. The molecule has 0 radical (unpaired) electrons. The molecule has 1 saturated heterocycles. The van der Waals surface area contributed by atoms with Crippen LogP contribution in [0.3, 0.4) is 0 Å². The molecule has 0 bridgehead atoms. The molecule has 0 N–H and O–H groups in total. The van der Waals surface area contributed by atoms with E-state index in [0.29, 0.717) is 6.29 Å². The summed E-state index contributed by atoms with van der Waals surface area (Å²) in [5.74, 6) is -0.294. The van der Waals surface area contributed by atoms with Crippen molar-refractivity contribution in [1.29, 1.82) is 0 Å². The predicted molar refractivity (Wildman–Crippen MR) is 68.6 cm³/mol. The zero-order chi connectivity index (χ0) is 12.3. The number of Topliss-reactive ketones (excluding diaryl/α,β-unsaturated/α-hetero) is 1. The van der Waals surface area contributed by atoms with Gasteiger partial charge in [-0.3, -0.25) is 14.5 Å². The highest BCUT2D eigenvalue weighted by Gasteiger charge is 2.29. The number of aldehydes is 1. The van der Waals surface area contributed by atoms with Crippen molar-refractivity contribution < 1.29 is 9.59 Å².